The minimum Gasteiger partial charge on any atom is -0.371 e. The molecule has 1 aromatic carbocycles. The monoisotopic (exact) mass is 254 g/mol. The lowest BCUT2D eigenvalue weighted by molar-refractivity contribution is 0.331. The Bertz CT molecular complexity index is 435. The van der Waals surface area contributed by atoms with E-state index in [2.05, 4.69) is 18.9 Å². The first-order valence-electron chi connectivity index (χ1n) is 6.18. The summed E-state index contributed by atoms with van der Waals surface area (Å²) < 4.78 is 0.509. The Labute approximate surface area is 109 Å². The Hall–Kier alpha value is -0.740. The highest BCUT2D eigenvalue weighted by atomic mass is 32.1. The number of nitrogens with zero attached hydrogens (tertiary/aromatic N) is 2. The molecule has 4 heteroatoms. The fourth-order valence-corrected chi connectivity index (χ4v) is 2.33. The van der Waals surface area contributed by atoms with Crippen LogP contribution in [0.4, 0.5) is 5.69 Å². The molecule has 0 saturated carbocycles. The zero-order chi connectivity index (χ0) is 13.0. The van der Waals surface area contributed by atoms with Gasteiger partial charge in [0.2, 0.25) is 5.43 Å². The molecule has 1 aromatic rings. The highest BCUT2D eigenvalue weighted by molar-refractivity contribution is 7.71. The standard InChI is InChI=1S/C13H22N2OS/c1-5-7-14(3)8-6-9-15(4)11-10(2)13(17)12(11)16/h5-9H2,1-4H3. The van der Waals surface area contributed by atoms with Gasteiger partial charge in [-0.3, -0.25) is 4.79 Å². The van der Waals surface area contributed by atoms with Gasteiger partial charge in [0.05, 0.1) is 10.2 Å². The van der Waals surface area contributed by atoms with Crippen molar-refractivity contribution >= 4 is 17.9 Å². The van der Waals surface area contributed by atoms with Crippen molar-refractivity contribution in [1.29, 1.82) is 0 Å². The number of anilines is 1. The molecule has 0 fully saturated rings. The van der Waals surface area contributed by atoms with E-state index in [1.807, 2.05) is 18.9 Å². The first-order chi connectivity index (χ1) is 7.99. The Morgan fingerprint density at radius 1 is 1.18 bits per heavy atom. The minimum atomic E-state index is 0.0434. The Morgan fingerprint density at radius 2 is 1.82 bits per heavy atom. The molecule has 17 heavy (non-hydrogen) atoms. The maximum absolute atomic E-state index is 11.6. The summed E-state index contributed by atoms with van der Waals surface area (Å²) in [7, 11) is 4.11. The Morgan fingerprint density at radius 3 is 2.35 bits per heavy atom. The van der Waals surface area contributed by atoms with Crippen molar-refractivity contribution in [3.8, 4) is 0 Å². The number of hydrogen-bond acceptors (Lipinski definition) is 4. The molecule has 0 bridgehead atoms. The van der Waals surface area contributed by atoms with Gasteiger partial charge in [0, 0.05) is 13.6 Å². The fraction of sp³-hybridized carbons (Fsp3) is 0.692. The highest BCUT2D eigenvalue weighted by Gasteiger charge is 2.16. The molecule has 0 aromatic heterocycles. The minimum absolute atomic E-state index is 0.0434. The maximum atomic E-state index is 11.6. The zero-order valence-electron chi connectivity index (χ0n) is 11.2. The van der Waals surface area contributed by atoms with Gasteiger partial charge < -0.3 is 9.80 Å². The molecule has 1 rings (SSSR count). The van der Waals surface area contributed by atoms with E-state index in [0.29, 0.717) is 4.51 Å². The van der Waals surface area contributed by atoms with Crippen LogP contribution in [0.15, 0.2) is 4.79 Å². The van der Waals surface area contributed by atoms with E-state index in [1.165, 1.54) is 6.42 Å². The maximum Gasteiger partial charge on any atom is 0.220 e. The first-order valence-corrected chi connectivity index (χ1v) is 6.59. The van der Waals surface area contributed by atoms with Crippen LogP contribution >= 0.6 is 12.2 Å². The van der Waals surface area contributed by atoms with Crippen molar-refractivity contribution in [3.05, 3.63) is 20.3 Å². The Balaban J connectivity index is 2.39. The van der Waals surface area contributed by atoms with Crippen LogP contribution in [0.2, 0.25) is 0 Å². The molecule has 0 saturated heterocycles. The number of rotatable bonds is 7. The van der Waals surface area contributed by atoms with Crippen LogP contribution in [0.1, 0.15) is 25.3 Å². The second kappa shape index (κ2) is 6.26. The zero-order valence-corrected chi connectivity index (χ0v) is 12.1. The second-order valence-electron chi connectivity index (χ2n) is 4.71. The predicted molar refractivity (Wildman–Crippen MR) is 76.3 cm³/mol. The van der Waals surface area contributed by atoms with Crippen LogP contribution in [0, 0.1) is 11.4 Å². The lowest BCUT2D eigenvalue weighted by Crippen LogP contribution is -2.32. The molecule has 0 heterocycles. The quantitative estimate of drug-likeness (QED) is 0.696. The third-order valence-corrected chi connectivity index (χ3v) is 3.63. The van der Waals surface area contributed by atoms with Gasteiger partial charge >= 0.3 is 0 Å². The second-order valence-corrected chi connectivity index (χ2v) is 5.12. The van der Waals surface area contributed by atoms with Crippen molar-refractivity contribution in [3.63, 3.8) is 0 Å². The van der Waals surface area contributed by atoms with E-state index in [9.17, 15) is 4.79 Å². The molecular weight excluding hydrogens is 232 g/mol. The first kappa shape index (κ1) is 14.3. The van der Waals surface area contributed by atoms with Crippen LogP contribution in [-0.4, -0.2) is 38.6 Å². The van der Waals surface area contributed by atoms with Crippen molar-refractivity contribution in [1.82, 2.24) is 4.90 Å². The molecule has 3 nitrogen and oxygen atoms in total. The van der Waals surface area contributed by atoms with Crippen molar-refractivity contribution in [2.75, 3.05) is 38.6 Å². The molecule has 0 radical (unpaired) electrons. The van der Waals surface area contributed by atoms with E-state index in [4.69, 9.17) is 12.2 Å². The predicted octanol–water partition coefficient (Wildman–Crippen LogP) is 2.13. The summed E-state index contributed by atoms with van der Waals surface area (Å²) in [5.41, 5.74) is 1.84. The van der Waals surface area contributed by atoms with Gasteiger partial charge in [-0.15, -0.1) is 0 Å². The molecule has 0 aliphatic heterocycles. The summed E-state index contributed by atoms with van der Waals surface area (Å²) in [4.78, 5) is 15.9. The number of hydrogen-bond donors (Lipinski definition) is 0. The van der Waals surface area contributed by atoms with Gasteiger partial charge in [0.1, 0.15) is 0 Å². The summed E-state index contributed by atoms with van der Waals surface area (Å²) in [6.45, 7) is 7.23. The van der Waals surface area contributed by atoms with Crippen LogP contribution in [0.5, 0.6) is 0 Å². The van der Waals surface area contributed by atoms with E-state index in [0.717, 1.165) is 37.3 Å². The van der Waals surface area contributed by atoms with Crippen LogP contribution < -0.4 is 10.3 Å². The molecular formula is C13H22N2OS. The van der Waals surface area contributed by atoms with Crippen molar-refractivity contribution in [2.45, 2.75) is 26.7 Å². The van der Waals surface area contributed by atoms with E-state index in [-0.39, 0.29) is 5.43 Å². The van der Waals surface area contributed by atoms with Gasteiger partial charge in [0.15, 0.2) is 0 Å². The lowest BCUT2D eigenvalue weighted by Gasteiger charge is -2.24. The molecule has 0 unspecified atom stereocenters. The molecule has 0 N–H and O–H groups in total. The molecule has 96 valence electrons. The average molecular weight is 254 g/mol. The van der Waals surface area contributed by atoms with E-state index in [1.54, 1.807) is 0 Å². The van der Waals surface area contributed by atoms with Crippen molar-refractivity contribution in [2.24, 2.45) is 0 Å². The summed E-state index contributed by atoms with van der Waals surface area (Å²) in [6, 6.07) is 0. The lowest BCUT2D eigenvalue weighted by atomic mass is 10.1. The van der Waals surface area contributed by atoms with Crippen LogP contribution in [0.25, 0.3) is 0 Å². The van der Waals surface area contributed by atoms with Gasteiger partial charge in [-0.05, 0) is 45.5 Å². The topological polar surface area (TPSA) is 23.6 Å². The van der Waals surface area contributed by atoms with Gasteiger partial charge in [0.25, 0.3) is 0 Å². The molecule has 0 aliphatic carbocycles. The smallest absolute Gasteiger partial charge is 0.220 e. The summed E-state index contributed by atoms with van der Waals surface area (Å²) in [5.74, 6) is 0. The van der Waals surface area contributed by atoms with Gasteiger partial charge in [-0.1, -0.05) is 19.1 Å². The van der Waals surface area contributed by atoms with E-state index < -0.39 is 0 Å². The average Bonchev–Trinajstić information content (AvgIpc) is 2.29. The van der Waals surface area contributed by atoms with Crippen LogP contribution in [-0.2, 0) is 0 Å². The highest BCUT2D eigenvalue weighted by Crippen LogP contribution is 2.18. The summed E-state index contributed by atoms with van der Waals surface area (Å²) >= 11 is 4.97. The Kier molecular flexibility index (Phi) is 5.28. The SMILES string of the molecule is CCCN(C)CCCN(C)c1c(C)c(=S)c1=O. The van der Waals surface area contributed by atoms with Crippen LogP contribution in [0.3, 0.4) is 0 Å². The molecule has 0 aliphatic rings. The van der Waals surface area contributed by atoms with Gasteiger partial charge in [-0.25, -0.2) is 0 Å². The molecule has 0 spiro atoms. The third kappa shape index (κ3) is 3.36. The van der Waals surface area contributed by atoms with E-state index >= 15 is 0 Å². The normalized spacial score (nSPS) is 11.4. The third-order valence-electron chi connectivity index (χ3n) is 3.14. The molecule has 0 atom stereocenters. The summed E-state index contributed by atoms with van der Waals surface area (Å²) in [5, 5.41) is 0. The fourth-order valence-electron chi connectivity index (χ4n) is 2.14. The van der Waals surface area contributed by atoms with Crippen molar-refractivity contribution < 1.29 is 0 Å². The largest absolute Gasteiger partial charge is 0.371 e. The molecule has 0 amide bonds. The summed E-state index contributed by atoms with van der Waals surface area (Å²) in [6.07, 6.45) is 2.26. The van der Waals surface area contributed by atoms with Gasteiger partial charge in [-0.2, -0.15) is 0 Å².